The average Bonchev–Trinajstić information content (AvgIpc) is 2.53. The van der Waals surface area contributed by atoms with Gasteiger partial charge in [-0.1, -0.05) is 24.6 Å². The molecule has 1 aromatic carbocycles. The zero-order chi connectivity index (χ0) is 17.7. The molecule has 0 spiro atoms. The molecule has 0 aliphatic carbocycles. The van der Waals surface area contributed by atoms with Gasteiger partial charge in [-0.05, 0) is 31.5 Å². The number of aromatic nitrogens is 2. The predicted octanol–water partition coefficient (Wildman–Crippen LogP) is 5.10. The molecule has 0 atom stereocenters. The number of rotatable bonds is 6. The van der Waals surface area contributed by atoms with Crippen LogP contribution in [0.2, 0.25) is 5.02 Å². The van der Waals surface area contributed by atoms with Crippen LogP contribution in [0.3, 0.4) is 0 Å². The van der Waals surface area contributed by atoms with Crippen molar-refractivity contribution in [2.45, 2.75) is 26.4 Å². The number of alkyl halides is 3. The smallest absolute Gasteiger partial charge is 0.423 e. The van der Waals surface area contributed by atoms with Crippen molar-refractivity contribution in [1.29, 1.82) is 0 Å². The third kappa shape index (κ3) is 4.29. The minimum atomic E-state index is -4.57. The third-order valence-electron chi connectivity index (χ3n) is 3.17. The van der Waals surface area contributed by atoms with Crippen LogP contribution in [-0.2, 0) is 6.18 Å². The van der Waals surface area contributed by atoms with Gasteiger partial charge < -0.3 is 9.64 Å². The van der Waals surface area contributed by atoms with E-state index in [1.54, 1.807) is 36.1 Å². The molecule has 0 aliphatic heterocycles. The van der Waals surface area contributed by atoms with Crippen molar-refractivity contribution in [2.75, 3.05) is 18.1 Å². The van der Waals surface area contributed by atoms with E-state index in [-0.39, 0.29) is 12.6 Å². The van der Waals surface area contributed by atoms with Crippen LogP contribution < -0.4 is 9.64 Å². The standard InChI is InChI=1S/C16H17ClF3N3O/c1-3-8-24-14-13(16(18,19)20)10-21-15(22-14)23(4-2)12-7-5-6-11(17)9-12/h5-7,9-10H,3-4,8H2,1-2H3. The van der Waals surface area contributed by atoms with Crippen LogP contribution in [0.4, 0.5) is 24.8 Å². The Morgan fingerprint density at radius 1 is 1.25 bits per heavy atom. The van der Waals surface area contributed by atoms with Crippen molar-refractivity contribution in [3.05, 3.63) is 41.0 Å². The summed E-state index contributed by atoms with van der Waals surface area (Å²) in [5.74, 6) is -0.339. The number of anilines is 2. The van der Waals surface area contributed by atoms with Crippen LogP contribution in [0.25, 0.3) is 0 Å². The van der Waals surface area contributed by atoms with Crippen LogP contribution in [-0.4, -0.2) is 23.1 Å². The lowest BCUT2D eigenvalue weighted by molar-refractivity contribution is -0.139. The molecule has 0 saturated heterocycles. The van der Waals surface area contributed by atoms with E-state index in [2.05, 4.69) is 9.97 Å². The zero-order valence-corrected chi connectivity index (χ0v) is 14.0. The molecule has 0 N–H and O–H groups in total. The molecule has 0 amide bonds. The second-order valence-electron chi connectivity index (χ2n) is 4.96. The molecule has 0 radical (unpaired) electrons. The summed E-state index contributed by atoms with van der Waals surface area (Å²) in [6.45, 7) is 4.25. The molecular weight excluding hydrogens is 343 g/mol. The lowest BCUT2D eigenvalue weighted by atomic mass is 10.3. The van der Waals surface area contributed by atoms with Crippen LogP contribution in [0.1, 0.15) is 25.8 Å². The Labute approximate surface area is 143 Å². The topological polar surface area (TPSA) is 38.2 Å². The first-order chi connectivity index (χ1) is 11.4. The first-order valence-corrected chi connectivity index (χ1v) is 7.84. The van der Waals surface area contributed by atoms with Crippen LogP contribution >= 0.6 is 11.6 Å². The van der Waals surface area contributed by atoms with E-state index in [4.69, 9.17) is 16.3 Å². The average molecular weight is 360 g/mol. The molecular formula is C16H17ClF3N3O. The van der Waals surface area contributed by atoms with Gasteiger partial charge in [-0.15, -0.1) is 0 Å². The first kappa shape index (κ1) is 18.3. The van der Waals surface area contributed by atoms with Crippen molar-refractivity contribution in [2.24, 2.45) is 0 Å². The second kappa shape index (κ2) is 7.70. The maximum absolute atomic E-state index is 13.1. The van der Waals surface area contributed by atoms with E-state index in [1.807, 2.05) is 6.92 Å². The Kier molecular flexibility index (Phi) is 5.88. The van der Waals surface area contributed by atoms with Gasteiger partial charge in [0.25, 0.3) is 0 Å². The zero-order valence-electron chi connectivity index (χ0n) is 13.3. The fourth-order valence-corrected chi connectivity index (χ4v) is 2.26. The molecule has 0 bridgehead atoms. The highest BCUT2D eigenvalue weighted by Gasteiger charge is 2.36. The van der Waals surface area contributed by atoms with E-state index in [9.17, 15) is 13.2 Å². The van der Waals surface area contributed by atoms with Crippen molar-refractivity contribution in [3.8, 4) is 5.88 Å². The third-order valence-corrected chi connectivity index (χ3v) is 3.40. The number of benzene rings is 1. The van der Waals surface area contributed by atoms with Gasteiger partial charge in [0.1, 0.15) is 5.56 Å². The van der Waals surface area contributed by atoms with Gasteiger partial charge in [0.2, 0.25) is 11.8 Å². The van der Waals surface area contributed by atoms with Crippen molar-refractivity contribution in [3.63, 3.8) is 0 Å². The molecule has 4 nitrogen and oxygen atoms in total. The van der Waals surface area contributed by atoms with Gasteiger partial charge >= 0.3 is 6.18 Å². The Hall–Kier alpha value is -2.02. The highest BCUT2D eigenvalue weighted by molar-refractivity contribution is 6.30. The van der Waals surface area contributed by atoms with E-state index < -0.39 is 17.6 Å². The van der Waals surface area contributed by atoms with Gasteiger partial charge in [-0.3, -0.25) is 0 Å². The van der Waals surface area contributed by atoms with Gasteiger partial charge in [0.05, 0.1) is 6.61 Å². The largest absolute Gasteiger partial charge is 0.477 e. The van der Waals surface area contributed by atoms with Crippen molar-refractivity contribution < 1.29 is 17.9 Å². The summed E-state index contributed by atoms with van der Waals surface area (Å²) < 4.78 is 44.4. The van der Waals surface area contributed by atoms with Crippen LogP contribution in [0.5, 0.6) is 5.88 Å². The maximum Gasteiger partial charge on any atom is 0.423 e. The van der Waals surface area contributed by atoms with Gasteiger partial charge in [0.15, 0.2) is 0 Å². The minimum absolute atomic E-state index is 0.124. The lowest BCUT2D eigenvalue weighted by Gasteiger charge is -2.22. The molecule has 8 heteroatoms. The molecule has 2 rings (SSSR count). The summed E-state index contributed by atoms with van der Waals surface area (Å²) in [4.78, 5) is 9.50. The van der Waals surface area contributed by atoms with Crippen molar-refractivity contribution in [1.82, 2.24) is 9.97 Å². The fraction of sp³-hybridized carbons (Fsp3) is 0.375. The number of ether oxygens (including phenoxy) is 1. The summed E-state index contributed by atoms with van der Waals surface area (Å²) in [6.07, 6.45) is -3.25. The summed E-state index contributed by atoms with van der Waals surface area (Å²) in [5.41, 5.74) is -0.298. The summed E-state index contributed by atoms with van der Waals surface area (Å²) in [7, 11) is 0. The van der Waals surface area contributed by atoms with Crippen molar-refractivity contribution >= 4 is 23.2 Å². The van der Waals surface area contributed by atoms with Gasteiger partial charge in [-0.2, -0.15) is 18.2 Å². The summed E-state index contributed by atoms with van der Waals surface area (Å²) >= 11 is 5.98. The molecule has 0 saturated carbocycles. The fourth-order valence-electron chi connectivity index (χ4n) is 2.07. The minimum Gasteiger partial charge on any atom is -0.477 e. The van der Waals surface area contributed by atoms with Gasteiger partial charge in [0, 0.05) is 23.5 Å². The molecule has 0 aliphatic rings. The molecule has 1 aromatic heterocycles. The number of nitrogens with zero attached hydrogens (tertiary/aromatic N) is 3. The highest BCUT2D eigenvalue weighted by atomic mass is 35.5. The molecule has 24 heavy (non-hydrogen) atoms. The number of hydrogen-bond acceptors (Lipinski definition) is 4. The normalized spacial score (nSPS) is 11.4. The molecule has 0 unspecified atom stereocenters. The predicted molar refractivity (Wildman–Crippen MR) is 87.0 cm³/mol. The number of hydrogen-bond donors (Lipinski definition) is 0. The summed E-state index contributed by atoms with van der Waals surface area (Å²) in [5, 5.41) is 0.514. The maximum atomic E-state index is 13.1. The quantitative estimate of drug-likeness (QED) is 0.719. The summed E-state index contributed by atoms with van der Waals surface area (Å²) in [6, 6.07) is 6.93. The van der Waals surface area contributed by atoms with Crippen LogP contribution in [0.15, 0.2) is 30.5 Å². The Balaban J connectivity index is 2.45. The Bertz CT molecular complexity index is 695. The Morgan fingerprint density at radius 3 is 2.58 bits per heavy atom. The molecule has 2 aromatic rings. The first-order valence-electron chi connectivity index (χ1n) is 7.47. The van der Waals surface area contributed by atoms with E-state index in [1.165, 1.54) is 0 Å². The van der Waals surface area contributed by atoms with E-state index in [0.29, 0.717) is 23.7 Å². The lowest BCUT2D eigenvalue weighted by Crippen LogP contribution is -2.21. The van der Waals surface area contributed by atoms with E-state index >= 15 is 0 Å². The Morgan fingerprint density at radius 2 is 2.00 bits per heavy atom. The highest BCUT2D eigenvalue weighted by Crippen LogP contribution is 2.36. The molecule has 1 heterocycles. The van der Waals surface area contributed by atoms with Gasteiger partial charge in [-0.25, -0.2) is 4.98 Å². The monoisotopic (exact) mass is 359 g/mol. The van der Waals surface area contributed by atoms with E-state index in [0.717, 1.165) is 6.20 Å². The number of halogens is 4. The molecule has 130 valence electrons. The second-order valence-corrected chi connectivity index (χ2v) is 5.40. The SMILES string of the molecule is CCCOc1nc(N(CC)c2cccc(Cl)c2)ncc1C(F)(F)F. The van der Waals surface area contributed by atoms with Crippen LogP contribution in [0, 0.1) is 0 Å². The molecule has 0 fully saturated rings.